The number of nitrogens with zero attached hydrogens (tertiary/aromatic N) is 7. The molecule has 3 aromatic heterocycles. The monoisotopic (exact) mass is 738 g/mol. The van der Waals surface area contributed by atoms with Crippen molar-refractivity contribution in [1.82, 2.24) is 28.8 Å². The van der Waals surface area contributed by atoms with E-state index in [2.05, 4.69) is 15.3 Å². The number of aromatic nitrogens is 5. The zero-order valence-electron chi connectivity index (χ0n) is 28.2. The highest BCUT2D eigenvalue weighted by Crippen LogP contribution is 2.45. The molecule has 2 fully saturated rings. The van der Waals surface area contributed by atoms with Crippen LogP contribution in [0, 0.1) is 6.92 Å². The summed E-state index contributed by atoms with van der Waals surface area (Å²) in [5.41, 5.74) is 1.52. The molecule has 2 amide bonds. The number of ether oxygens (including phenoxy) is 1. The molecule has 4 aliphatic rings. The normalized spacial score (nSPS) is 22.8. The number of fused-ring (bicyclic) bond motifs is 4. The fraction of sp³-hybridized carbons (Fsp3) is 0.429. The Morgan fingerprint density at radius 2 is 1.92 bits per heavy atom. The molecule has 4 atom stereocenters. The second kappa shape index (κ2) is 12.6. The molecule has 1 aliphatic carbocycles. The van der Waals surface area contributed by atoms with Crippen molar-refractivity contribution in [3.05, 3.63) is 80.5 Å². The molecule has 0 spiro atoms. The number of halogens is 4. The van der Waals surface area contributed by atoms with Gasteiger partial charge in [0.05, 0.1) is 52.6 Å². The van der Waals surface area contributed by atoms with Gasteiger partial charge in [0.2, 0.25) is 11.7 Å². The zero-order chi connectivity index (χ0) is 36.6. The highest BCUT2D eigenvalue weighted by atomic mass is 35.5. The van der Waals surface area contributed by atoms with Crippen LogP contribution in [-0.4, -0.2) is 84.1 Å². The average Bonchev–Trinajstić information content (AvgIpc) is 3.69. The lowest BCUT2D eigenvalue weighted by Crippen LogP contribution is -2.67. The summed E-state index contributed by atoms with van der Waals surface area (Å²) in [6, 6.07) is 1.40. The number of aryl methyl sites for hydroxylation is 1. The first-order valence-corrected chi connectivity index (χ1v) is 17.4. The van der Waals surface area contributed by atoms with Crippen molar-refractivity contribution in [2.45, 2.75) is 69.8 Å². The van der Waals surface area contributed by atoms with Crippen LogP contribution in [0.4, 0.5) is 24.5 Å². The molecule has 8 rings (SSSR count). The molecule has 4 aromatic rings. The van der Waals surface area contributed by atoms with Crippen LogP contribution in [0.15, 0.2) is 41.6 Å². The van der Waals surface area contributed by atoms with Crippen LogP contribution >= 0.6 is 11.6 Å². The van der Waals surface area contributed by atoms with Crippen LogP contribution in [0.1, 0.15) is 77.7 Å². The molecular weight excluding hydrogens is 705 g/mol. The van der Waals surface area contributed by atoms with E-state index in [4.69, 9.17) is 21.3 Å². The largest absolute Gasteiger partial charge is 0.504 e. The predicted octanol–water partition coefficient (Wildman–Crippen LogP) is 4.96. The molecule has 6 heterocycles. The molecule has 4 unspecified atom stereocenters. The van der Waals surface area contributed by atoms with Gasteiger partial charge < -0.3 is 29.5 Å². The van der Waals surface area contributed by atoms with Crippen molar-refractivity contribution in [3.8, 4) is 5.75 Å². The number of alkyl halides is 3. The molecule has 2 N–H and O–H groups in total. The third-order valence-corrected chi connectivity index (χ3v) is 11.0. The van der Waals surface area contributed by atoms with Gasteiger partial charge in [-0.3, -0.25) is 14.4 Å². The third-order valence-electron chi connectivity index (χ3n) is 10.7. The maximum atomic E-state index is 14.6. The van der Waals surface area contributed by atoms with E-state index in [0.717, 1.165) is 23.8 Å². The topological polar surface area (TPSA) is 147 Å². The van der Waals surface area contributed by atoms with E-state index < -0.39 is 29.6 Å². The smallest absolute Gasteiger partial charge is 0.416 e. The van der Waals surface area contributed by atoms with Gasteiger partial charge in [-0.15, -0.1) is 0 Å². The van der Waals surface area contributed by atoms with Crippen LogP contribution in [0.5, 0.6) is 5.75 Å². The number of hydrogen-bond donors (Lipinski definition) is 2. The molecule has 1 aromatic carbocycles. The molecule has 0 radical (unpaired) electrons. The number of rotatable bonds is 5. The van der Waals surface area contributed by atoms with Gasteiger partial charge in [0.1, 0.15) is 18.1 Å². The van der Waals surface area contributed by atoms with E-state index in [1.807, 2.05) is 17.9 Å². The van der Waals surface area contributed by atoms with Gasteiger partial charge in [-0.1, -0.05) is 24.6 Å². The van der Waals surface area contributed by atoms with Crippen molar-refractivity contribution >= 4 is 46.1 Å². The average molecular weight is 739 g/mol. The van der Waals surface area contributed by atoms with Gasteiger partial charge in [0.25, 0.3) is 11.5 Å². The Morgan fingerprint density at radius 1 is 1.13 bits per heavy atom. The number of carbonyl (C=O) groups excluding carboxylic acids is 2. The van der Waals surface area contributed by atoms with E-state index in [-0.39, 0.29) is 64.5 Å². The highest BCUT2D eigenvalue weighted by molar-refractivity contribution is 6.33. The molecule has 0 bridgehead atoms. The van der Waals surface area contributed by atoms with Gasteiger partial charge in [-0.2, -0.15) is 13.2 Å². The van der Waals surface area contributed by atoms with E-state index >= 15 is 0 Å². The van der Waals surface area contributed by atoms with Gasteiger partial charge in [-0.25, -0.2) is 19.4 Å². The first kappa shape index (κ1) is 34.1. The zero-order valence-corrected chi connectivity index (χ0v) is 28.9. The van der Waals surface area contributed by atoms with Gasteiger partial charge in [0, 0.05) is 31.2 Å². The molecular formula is C35H34ClF3N8O5. The quantitative estimate of drug-likeness (QED) is 0.290. The lowest BCUT2D eigenvalue weighted by molar-refractivity contribution is -0.137. The van der Waals surface area contributed by atoms with E-state index in [9.17, 15) is 32.7 Å². The summed E-state index contributed by atoms with van der Waals surface area (Å²) >= 11 is 6.22. The standard InChI is InChI=1S/C35H34ClF3N8O5/c1-17-13-26(31(49)42-22-4-3-20(14-21(22)36)35(37,38)39)47-28(17)29(33(51)46-15-23(43-34(46)47)19-7-11-52-12-8-19)44-9-10-45(25-6-5-24(25)44)32(50)27-30(48)18(2)40-16-41-27/h3-4,7,14-17,24-26,48H,5-6,8-13H2,1-2H3,(H,42,49). The van der Waals surface area contributed by atoms with Crippen LogP contribution in [-0.2, 0) is 15.7 Å². The predicted molar refractivity (Wildman–Crippen MR) is 184 cm³/mol. The van der Waals surface area contributed by atoms with Crippen molar-refractivity contribution in [2.24, 2.45) is 0 Å². The fourth-order valence-electron chi connectivity index (χ4n) is 7.91. The van der Waals surface area contributed by atoms with Gasteiger partial charge in [-0.05, 0) is 56.4 Å². The first-order chi connectivity index (χ1) is 24.8. The Bertz CT molecular complexity index is 2240. The number of benzene rings is 1. The Labute approximate surface area is 299 Å². The highest BCUT2D eigenvalue weighted by Gasteiger charge is 2.49. The second-order valence-electron chi connectivity index (χ2n) is 13.7. The SMILES string of the molecule is Cc1ncnc(C(=O)N2CCN(c3c4n(c5nc(C6=CCOCC6)cn5c3=O)C(C(=O)Nc3ccc(C(F)(F)F)cc3Cl)CC4C)C3CCC32)c1O. The first-order valence-electron chi connectivity index (χ1n) is 17.0. The Morgan fingerprint density at radius 3 is 2.62 bits per heavy atom. The Balaban J connectivity index is 1.20. The van der Waals surface area contributed by atoms with E-state index in [0.29, 0.717) is 61.8 Å². The minimum atomic E-state index is -4.60. The van der Waals surface area contributed by atoms with Gasteiger partial charge in [0.15, 0.2) is 11.4 Å². The van der Waals surface area contributed by atoms with Gasteiger partial charge >= 0.3 is 6.18 Å². The van der Waals surface area contributed by atoms with Crippen molar-refractivity contribution < 1.29 is 32.6 Å². The number of carbonyl (C=O) groups is 2. The number of hydrogen-bond acceptors (Lipinski definition) is 9. The number of aromatic hydroxyl groups is 1. The number of imidazole rings is 1. The van der Waals surface area contributed by atoms with Crippen molar-refractivity contribution in [2.75, 3.05) is 36.5 Å². The molecule has 272 valence electrons. The number of piperazine rings is 1. The number of amides is 2. The maximum Gasteiger partial charge on any atom is 0.416 e. The fourth-order valence-corrected chi connectivity index (χ4v) is 8.14. The maximum absolute atomic E-state index is 14.6. The molecule has 1 saturated carbocycles. The minimum absolute atomic E-state index is 0.0254. The number of anilines is 2. The summed E-state index contributed by atoms with van der Waals surface area (Å²) < 4.78 is 48.7. The van der Waals surface area contributed by atoms with Crippen LogP contribution < -0.4 is 15.8 Å². The summed E-state index contributed by atoms with van der Waals surface area (Å²) in [4.78, 5) is 59.0. The Kier molecular flexibility index (Phi) is 8.28. The lowest BCUT2D eigenvalue weighted by atomic mass is 9.81. The third kappa shape index (κ3) is 5.50. The molecule has 13 nitrogen and oxygen atoms in total. The second-order valence-corrected chi connectivity index (χ2v) is 14.1. The van der Waals surface area contributed by atoms with Crippen molar-refractivity contribution in [1.29, 1.82) is 0 Å². The van der Waals surface area contributed by atoms with E-state index in [1.165, 1.54) is 10.7 Å². The van der Waals surface area contributed by atoms with Crippen molar-refractivity contribution in [3.63, 3.8) is 0 Å². The summed E-state index contributed by atoms with van der Waals surface area (Å²) in [5.74, 6) is -1.23. The molecule has 3 aliphatic heterocycles. The molecule has 1 saturated heterocycles. The summed E-state index contributed by atoms with van der Waals surface area (Å²) in [6.07, 6.45) is 2.48. The van der Waals surface area contributed by atoms with Crippen LogP contribution in [0.2, 0.25) is 5.02 Å². The summed E-state index contributed by atoms with van der Waals surface area (Å²) in [5, 5.41) is 13.0. The molecule has 17 heteroatoms. The minimum Gasteiger partial charge on any atom is -0.504 e. The Hall–Kier alpha value is -4.96. The summed E-state index contributed by atoms with van der Waals surface area (Å²) in [7, 11) is 0. The molecule has 52 heavy (non-hydrogen) atoms. The van der Waals surface area contributed by atoms with Crippen LogP contribution in [0.25, 0.3) is 11.4 Å². The lowest BCUT2D eigenvalue weighted by Gasteiger charge is -2.54. The summed E-state index contributed by atoms with van der Waals surface area (Å²) in [6.45, 7) is 4.97. The number of nitrogens with one attached hydrogen (secondary N) is 1. The van der Waals surface area contributed by atoms with E-state index in [1.54, 1.807) is 22.6 Å². The van der Waals surface area contributed by atoms with Crippen LogP contribution in [0.3, 0.4) is 0 Å².